The molecule has 0 bridgehead atoms. The first-order chi connectivity index (χ1) is 7.91. The molecule has 1 N–H and O–H groups in total. The number of carbonyl (C=O) groups excluding carboxylic acids is 1. The van der Waals surface area contributed by atoms with Crippen LogP contribution in [0.15, 0.2) is 24.3 Å². The summed E-state index contributed by atoms with van der Waals surface area (Å²) >= 11 is 0. The monoisotopic (exact) mass is 238 g/mol. The molecule has 1 unspecified atom stereocenters. The van der Waals surface area contributed by atoms with Crippen molar-refractivity contribution >= 4 is 5.91 Å². The van der Waals surface area contributed by atoms with Gasteiger partial charge in [0.05, 0.1) is 6.04 Å². The van der Waals surface area contributed by atoms with E-state index in [1.807, 2.05) is 13.0 Å². The van der Waals surface area contributed by atoms with E-state index in [1.54, 1.807) is 27.1 Å². The fourth-order valence-corrected chi connectivity index (χ4v) is 1.71. The number of hydrogen-bond acceptors (Lipinski definition) is 2. The first-order valence-electron chi connectivity index (χ1n) is 5.64. The van der Waals surface area contributed by atoms with Gasteiger partial charge < -0.3 is 4.90 Å². The largest absolute Gasteiger partial charge is 0.347 e. The molecule has 0 aliphatic carbocycles. The number of hydrogen-bond donors (Lipinski definition) is 1. The van der Waals surface area contributed by atoms with Gasteiger partial charge in [-0.3, -0.25) is 10.1 Å². The number of halogens is 1. The fourth-order valence-electron chi connectivity index (χ4n) is 1.71. The summed E-state index contributed by atoms with van der Waals surface area (Å²) in [5, 5.41) is 3.15. The van der Waals surface area contributed by atoms with Crippen molar-refractivity contribution in [1.82, 2.24) is 10.2 Å². The first-order valence-corrected chi connectivity index (χ1v) is 5.64. The quantitative estimate of drug-likeness (QED) is 0.869. The summed E-state index contributed by atoms with van der Waals surface area (Å²) in [6.07, 6.45) is 0. The Labute approximate surface area is 102 Å². The highest BCUT2D eigenvalue weighted by molar-refractivity contribution is 5.80. The van der Waals surface area contributed by atoms with Crippen LogP contribution in [0.3, 0.4) is 0 Å². The molecular weight excluding hydrogens is 219 g/mol. The molecule has 1 rings (SSSR count). The minimum absolute atomic E-state index is 0.00764. The molecule has 0 aliphatic heterocycles. The standard InChI is InChI=1S/C13H19FN2O/c1-9(11-6-5-7-12(14)8-11)15-10(2)13(17)16(3)4/h5-10,15H,1-4H3/t9-,10?/m1/s1. The maximum absolute atomic E-state index is 13.0. The number of rotatable bonds is 4. The van der Waals surface area contributed by atoms with Crippen LogP contribution in [0.2, 0.25) is 0 Å². The van der Waals surface area contributed by atoms with Gasteiger partial charge in [0.15, 0.2) is 0 Å². The maximum atomic E-state index is 13.0. The van der Waals surface area contributed by atoms with Crippen LogP contribution >= 0.6 is 0 Å². The molecule has 3 nitrogen and oxygen atoms in total. The Morgan fingerprint density at radius 1 is 1.35 bits per heavy atom. The van der Waals surface area contributed by atoms with E-state index >= 15 is 0 Å². The van der Waals surface area contributed by atoms with Crippen LogP contribution in [-0.4, -0.2) is 30.9 Å². The van der Waals surface area contributed by atoms with Crippen molar-refractivity contribution in [2.45, 2.75) is 25.9 Å². The Bertz CT molecular complexity index is 393. The van der Waals surface area contributed by atoms with Gasteiger partial charge in [0.1, 0.15) is 5.82 Å². The molecule has 1 amide bonds. The first kappa shape index (κ1) is 13.6. The number of nitrogens with zero attached hydrogens (tertiary/aromatic N) is 1. The van der Waals surface area contributed by atoms with E-state index in [1.165, 1.54) is 17.0 Å². The lowest BCUT2D eigenvalue weighted by Crippen LogP contribution is -2.42. The van der Waals surface area contributed by atoms with Gasteiger partial charge in [-0.15, -0.1) is 0 Å². The number of nitrogens with one attached hydrogen (secondary N) is 1. The Kier molecular flexibility index (Phi) is 4.63. The molecular formula is C13H19FN2O. The number of carbonyl (C=O) groups is 1. The van der Waals surface area contributed by atoms with Gasteiger partial charge in [-0.2, -0.15) is 0 Å². The van der Waals surface area contributed by atoms with Gasteiger partial charge in [0, 0.05) is 20.1 Å². The number of benzene rings is 1. The Morgan fingerprint density at radius 3 is 2.53 bits per heavy atom. The summed E-state index contributed by atoms with van der Waals surface area (Å²) in [5.41, 5.74) is 0.836. The molecule has 0 saturated heterocycles. The second-order valence-electron chi connectivity index (χ2n) is 4.40. The van der Waals surface area contributed by atoms with E-state index in [9.17, 15) is 9.18 Å². The predicted octanol–water partition coefficient (Wildman–Crippen LogP) is 1.95. The molecule has 1 aromatic carbocycles. The minimum atomic E-state index is -0.289. The summed E-state index contributed by atoms with van der Waals surface area (Å²) in [6.45, 7) is 3.71. The molecule has 0 heterocycles. The summed E-state index contributed by atoms with van der Waals surface area (Å²) < 4.78 is 13.0. The van der Waals surface area contributed by atoms with Crippen molar-refractivity contribution in [2.24, 2.45) is 0 Å². The highest BCUT2D eigenvalue weighted by Gasteiger charge is 2.17. The molecule has 0 spiro atoms. The summed E-state index contributed by atoms with van der Waals surface area (Å²) in [5.74, 6) is -0.254. The van der Waals surface area contributed by atoms with Crippen LogP contribution in [0.5, 0.6) is 0 Å². The van der Waals surface area contributed by atoms with Crippen molar-refractivity contribution < 1.29 is 9.18 Å². The zero-order valence-electron chi connectivity index (χ0n) is 10.7. The lowest BCUT2D eigenvalue weighted by Gasteiger charge is -2.22. The highest BCUT2D eigenvalue weighted by atomic mass is 19.1. The van der Waals surface area contributed by atoms with Crippen molar-refractivity contribution in [3.63, 3.8) is 0 Å². The van der Waals surface area contributed by atoms with Crippen molar-refractivity contribution in [1.29, 1.82) is 0 Å². The second kappa shape index (κ2) is 5.77. The SMILES string of the molecule is CC(N[C@H](C)c1cccc(F)c1)C(=O)N(C)C. The smallest absolute Gasteiger partial charge is 0.238 e. The summed E-state index contributed by atoms with van der Waals surface area (Å²) in [6, 6.07) is 6.04. The van der Waals surface area contributed by atoms with Gasteiger partial charge in [-0.1, -0.05) is 12.1 Å². The second-order valence-corrected chi connectivity index (χ2v) is 4.40. The Morgan fingerprint density at radius 2 is 2.00 bits per heavy atom. The van der Waals surface area contributed by atoms with Crippen molar-refractivity contribution in [3.05, 3.63) is 35.6 Å². The maximum Gasteiger partial charge on any atom is 0.238 e. The third kappa shape index (κ3) is 3.82. The number of likely N-dealkylation sites (N-methyl/N-ethyl adjacent to an activating group) is 1. The van der Waals surface area contributed by atoms with Crippen LogP contribution in [-0.2, 0) is 4.79 Å². The third-order valence-corrected chi connectivity index (χ3v) is 2.66. The topological polar surface area (TPSA) is 32.3 Å². The van der Waals surface area contributed by atoms with Crippen LogP contribution in [0.25, 0.3) is 0 Å². The third-order valence-electron chi connectivity index (χ3n) is 2.66. The van der Waals surface area contributed by atoms with E-state index in [-0.39, 0.29) is 23.8 Å². The summed E-state index contributed by atoms with van der Waals surface area (Å²) in [7, 11) is 3.43. The molecule has 0 radical (unpaired) electrons. The fraction of sp³-hybridized carbons (Fsp3) is 0.462. The van der Waals surface area contributed by atoms with Crippen LogP contribution < -0.4 is 5.32 Å². The minimum Gasteiger partial charge on any atom is -0.347 e. The van der Waals surface area contributed by atoms with Crippen LogP contribution in [0, 0.1) is 5.82 Å². The van der Waals surface area contributed by atoms with E-state index in [0.29, 0.717) is 0 Å². The van der Waals surface area contributed by atoms with Gasteiger partial charge in [0.2, 0.25) is 5.91 Å². The molecule has 0 saturated carbocycles. The molecule has 4 heteroatoms. The predicted molar refractivity (Wildman–Crippen MR) is 66.1 cm³/mol. The van der Waals surface area contributed by atoms with Gasteiger partial charge in [-0.05, 0) is 31.5 Å². The molecule has 17 heavy (non-hydrogen) atoms. The molecule has 0 fully saturated rings. The molecule has 94 valence electrons. The Hall–Kier alpha value is -1.42. The van der Waals surface area contributed by atoms with Crippen molar-refractivity contribution in [3.8, 4) is 0 Å². The average Bonchev–Trinajstić information content (AvgIpc) is 2.27. The van der Waals surface area contributed by atoms with Gasteiger partial charge in [0.25, 0.3) is 0 Å². The zero-order valence-corrected chi connectivity index (χ0v) is 10.7. The van der Waals surface area contributed by atoms with E-state index in [0.717, 1.165) is 5.56 Å². The van der Waals surface area contributed by atoms with Gasteiger partial charge >= 0.3 is 0 Å². The number of amides is 1. The highest BCUT2D eigenvalue weighted by Crippen LogP contribution is 2.14. The summed E-state index contributed by atoms with van der Waals surface area (Å²) in [4.78, 5) is 13.2. The normalized spacial score (nSPS) is 14.2. The van der Waals surface area contributed by atoms with E-state index in [4.69, 9.17) is 0 Å². The Balaban J connectivity index is 2.66. The van der Waals surface area contributed by atoms with Gasteiger partial charge in [-0.25, -0.2) is 4.39 Å². The van der Waals surface area contributed by atoms with Crippen molar-refractivity contribution in [2.75, 3.05) is 14.1 Å². The van der Waals surface area contributed by atoms with E-state index in [2.05, 4.69) is 5.32 Å². The molecule has 0 aliphatic rings. The van der Waals surface area contributed by atoms with Crippen LogP contribution in [0.1, 0.15) is 25.5 Å². The molecule has 1 aromatic rings. The molecule has 0 aromatic heterocycles. The lowest BCUT2D eigenvalue weighted by atomic mass is 10.1. The lowest BCUT2D eigenvalue weighted by molar-refractivity contribution is -0.130. The van der Waals surface area contributed by atoms with Crippen LogP contribution in [0.4, 0.5) is 4.39 Å². The van der Waals surface area contributed by atoms with E-state index < -0.39 is 0 Å². The molecule has 2 atom stereocenters. The zero-order chi connectivity index (χ0) is 13.0. The average molecular weight is 238 g/mol.